The molecule has 2 heterocycles. The van der Waals surface area contributed by atoms with Crippen molar-refractivity contribution < 1.29 is 19.2 Å². The fourth-order valence-electron chi connectivity index (χ4n) is 1.42. The topological polar surface area (TPSA) is 118 Å². The van der Waals surface area contributed by atoms with Gasteiger partial charge in [-0.05, 0) is 6.07 Å². The SMILES string of the molecule is O=C(O)c1cnc(NCc2ccoc2)c([N+](=O)[O-])c1. The number of aromatic carboxylic acids is 1. The standard InChI is InChI=1S/C11H9N3O5/c15-11(16)8-3-9(14(17)18)10(13-5-8)12-4-7-1-2-19-6-7/h1-3,5-6H,4H2,(H,12,13)(H,15,16). The molecule has 2 aromatic rings. The summed E-state index contributed by atoms with van der Waals surface area (Å²) in [4.78, 5) is 24.7. The number of nitrogens with zero attached hydrogens (tertiary/aromatic N) is 2. The lowest BCUT2D eigenvalue weighted by atomic mass is 10.2. The maximum Gasteiger partial charge on any atom is 0.337 e. The van der Waals surface area contributed by atoms with Crippen LogP contribution >= 0.6 is 0 Å². The second-order valence-corrected chi connectivity index (χ2v) is 3.64. The van der Waals surface area contributed by atoms with Crippen molar-refractivity contribution >= 4 is 17.5 Å². The number of carboxylic acid groups (broad SMARTS) is 1. The first-order valence-corrected chi connectivity index (χ1v) is 5.20. The van der Waals surface area contributed by atoms with Crippen LogP contribution in [0.15, 0.2) is 35.3 Å². The molecule has 2 rings (SSSR count). The first kappa shape index (κ1) is 12.6. The van der Waals surface area contributed by atoms with E-state index in [0.29, 0.717) is 0 Å². The number of carboxylic acids is 1. The van der Waals surface area contributed by atoms with Crippen molar-refractivity contribution in [2.45, 2.75) is 6.54 Å². The average molecular weight is 263 g/mol. The Labute approximate surface area is 106 Å². The van der Waals surface area contributed by atoms with Crippen LogP contribution in [0.25, 0.3) is 0 Å². The van der Waals surface area contributed by atoms with Crippen LogP contribution in [-0.4, -0.2) is 21.0 Å². The van der Waals surface area contributed by atoms with Gasteiger partial charge in [-0.2, -0.15) is 0 Å². The second kappa shape index (κ2) is 5.17. The van der Waals surface area contributed by atoms with E-state index in [1.807, 2.05) is 0 Å². The quantitative estimate of drug-likeness (QED) is 0.624. The van der Waals surface area contributed by atoms with E-state index < -0.39 is 10.9 Å². The highest BCUT2D eigenvalue weighted by Crippen LogP contribution is 2.23. The minimum absolute atomic E-state index is 0.0104. The Morgan fingerprint density at radius 2 is 2.37 bits per heavy atom. The molecule has 0 unspecified atom stereocenters. The Morgan fingerprint density at radius 1 is 1.58 bits per heavy atom. The molecule has 0 radical (unpaired) electrons. The Hall–Kier alpha value is -2.90. The van der Waals surface area contributed by atoms with Crippen molar-refractivity contribution in [3.05, 3.63) is 52.1 Å². The number of anilines is 1. The van der Waals surface area contributed by atoms with E-state index in [2.05, 4.69) is 10.3 Å². The Morgan fingerprint density at radius 3 is 2.95 bits per heavy atom. The van der Waals surface area contributed by atoms with E-state index in [1.54, 1.807) is 6.07 Å². The van der Waals surface area contributed by atoms with Crippen LogP contribution in [0.5, 0.6) is 0 Å². The highest BCUT2D eigenvalue weighted by Gasteiger charge is 2.18. The van der Waals surface area contributed by atoms with E-state index >= 15 is 0 Å². The molecule has 19 heavy (non-hydrogen) atoms. The molecular weight excluding hydrogens is 254 g/mol. The molecule has 98 valence electrons. The Kier molecular flexibility index (Phi) is 3.42. The molecule has 8 nitrogen and oxygen atoms in total. The van der Waals surface area contributed by atoms with Crippen molar-refractivity contribution in [2.24, 2.45) is 0 Å². The molecule has 2 aromatic heterocycles. The first-order chi connectivity index (χ1) is 9.08. The number of aromatic nitrogens is 1. The third-order valence-corrected chi connectivity index (χ3v) is 2.35. The molecule has 0 aliphatic carbocycles. The summed E-state index contributed by atoms with van der Waals surface area (Å²) in [6.45, 7) is 0.288. The number of hydrogen-bond acceptors (Lipinski definition) is 6. The third kappa shape index (κ3) is 2.86. The minimum Gasteiger partial charge on any atom is -0.478 e. The molecule has 0 saturated heterocycles. The van der Waals surface area contributed by atoms with Gasteiger partial charge in [-0.15, -0.1) is 0 Å². The van der Waals surface area contributed by atoms with Crippen molar-refractivity contribution in [3.8, 4) is 0 Å². The third-order valence-electron chi connectivity index (χ3n) is 2.35. The molecule has 8 heteroatoms. The molecule has 0 saturated carbocycles. The maximum absolute atomic E-state index is 10.9. The molecular formula is C11H9N3O5. The number of hydrogen-bond donors (Lipinski definition) is 2. The normalized spacial score (nSPS) is 10.1. The zero-order chi connectivity index (χ0) is 13.8. The number of nitro groups is 1. The highest BCUT2D eigenvalue weighted by atomic mass is 16.6. The van der Waals surface area contributed by atoms with Gasteiger partial charge in [0.15, 0.2) is 0 Å². The van der Waals surface area contributed by atoms with Crippen molar-refractivity contribution in [1.82, 2.24) is 4.98 Å². The fourth-order valence-corrected chi connectivity index (χ4v) is 1.42. The zero-order valence-corrected chi connectivity index (χ0v) is 9.57. The summed E-state index contributed by atoms with van der Waals surface area (Å²) < 4.78 is 4.86. The Bertz CT molecular complexity index is 609. The van der Waals surface area contributed by atoms with Crippen molar-refractivity contribution in [3.63, 3.8) is 0 Å². The van der Waals surface area contributed by atoms with E-state index in [1.165, 1.54) is 12.5 Å². The smallest absolute Gasteiger partial charge is 0.337 e. The molecule has 0 spiro atoms. The number of rotatable bonds is 5. The molecule has 2 N–H and O–H groups in total. The second-order valence-electron chi connectivity index (χ2n) is 3.64. The summed E-state index contributed by atoms with van der Waals surface area (Å²) in [5.41, 5.74) is 0.169. The lowest BCUT2D eigenvalue weighted by Gasteiger charge is -2.05. The lowest BCUT2D eigenvalue weighted by Crippen LogP contribution is -2.06. The van der Waals surface area contributed by atoms with Gasteiger partial charge in [0.05, 0.1) is 23.0 Å². The van der Waals surface area contributed by atoms with E-state index in [4.69, 9.17) is 9.52 Å². The number of nitrogens with one attached hydrogen (secondary N) is 1. The van der Waals surface area contributed by atoms with Crippen LogP contribution in [0.4, 0.5) is 11.5 Å². The predicted octanol–water partition coefficient (Wildman–Crippen LogP) is 1.89. The van der Waals surface area contributed by atoms with Gasteiger partial charge in [0.2, 0.25) is 5.82 Å². The maximum atomic E-state index is 10.9. The molecule has 0 aliphatic rings. The molecule has 0 amide bonds. The highest BCUT2D eigenvalue weighted by molar-refractivity contribution is 5.88. The first-order valence-electron chi connectivity index (χ1n) is 5.20. The molecule has 0 atom stereocenters. The number of pyridine rings is 1. The predicted molar refractivity (Wildman–Crippen MR) is 63.9 cm³/mol. The molecule has 0 aliphatic heterocycles. The largest absolute Gasteiger partial charge is 0.478 e. The van der Waals surface area contributed by atoms with Gasteiger partial charge in [0, 0.05) is 24.4 Å². The van der Waals surface area contributed by atoms with Crippen LogP contribution in [-0.2, 0) is 6.54 Å². The van der Waals surface area contributed by atoms with Gasteiger partial charge in [0.1, 0.15) is 0 Å². The summed E-state index contributed by atoms with van der Waals surface area (Å²) in [5, 5.41) is 22.4. The van der Waals surface area contributed by atoms with Crippen molar-refractivity contribution in [2.75, 3.05) is 5.32 Å². The fraction of sp³-hybridized carbons (Fsp3) is 0.0909. The van der Waals surface area contributed by atoms with Crippen LogP contribution < -0.4 is 5.32 Å². The lowest BCUT2D eigenvalue weighted by molar-refractivity contribution is -0.384. The van der Waals surface area contributed by atoms with Gasteiger partial charge in [-0.3, -0.25) is 10.1 Å². The average Bonchev–Trinajstić information content (AvgIpc) is 2.89. The summed E-state index contributed by atoms with van der Waals surface area (Å²) in [7, 11) is 0. The van der Waals surface area contributed by atoms with Crippen LogP contribution in [0.2, 0.25) is 0 Å². The summed E-state index contributed by atoms with van der Waals surface area (Å²) in [5.74, 6) is -1.26. The minimum atomic E-state index is -1.27. The number of furan rings is 1. The monoisotopic (exact) mass is 263 g/mol. The molecule has 0 fully saturated rings. The summed E-state index contributed by atoms with van der Waals surface area (Å²) >= 11 is 0. The van der Waals surface area contributed by atoms with E-state index in [-0.39, 0.29) is 23.6 Å². The zero-order valence-electron chi connectivity index (χ0n) is 9.57. The Balaban J connectivity index is 2.24. The van der Waals surface area contributed by atoms with Gasteiger partial charge in [-0.25, -0.2) is 9.78 Å². The van der Waals surface area contributed by atoms with Crippen LogP contribution in [0, 0.1) is 10.1 Å². The van der Waals surface area contributed by atoms with Gasteiger partial charge < -0.3 is 14.8 Å². The number of carbonyl (C=O) groups is 1. The summed E-state index contributed by atoms with van der Waals surface area (Å²) in [6, 6.07) is 2.66. The van der Waals surface area contributed by atoms with E-state index in [9.17, 15) is 14.9 Å². The van der Waals surface area contributed by atoms with Gasteiger partial charge in [0.25, 0.3) is 0 Å². The van der Waals surface area contributed by atoms with Gasteiger partial charge in [-0.1, -0.05) is 0 Å². The van der Waals surface area contributed by atoms with Crippen LogP contribution in [0.1, 0.15) is 15.9 Å². The summed E-state index contributed by atoms with van der Waals surface area (Å²) in [6.07, 6.45) is 4.03. The van der Waals surface area contributed by atoms with Crippen LogP contribution in [0.3, 0.4) is 0 Å². The van der Waals surface area contributed by atoms with Gasteiger partial charge >= 0.3 is 11.7 Å². The molecule has 0 aromatic carbocycles. The molecule has 0 bridgehead atoms. The van der Waals surface area contributed by atoms with E-state index in [0.717, 1.165) is 17.8 Å². The van der Waals surface area contributed by atoms with Crippen molar-refractivity contribution in [1.29, 1.82) is 0 Å².